The molecule has 6 heteroatoms. The molecule has 1 aliphatic rings. The average molecular weight is 258 g/mol. The first kappa shape index (κ1) is 12.2. The van der Waals surface area contributed by atoms with Crippen molar-refractivity contribution >= 4 is 21.2 Å². The summed E-state index contributed by atoms with van der Waals surface area (Å²) < 4.78 is 35.9. The van der Waals surface area contributed by atoms with Gasteiger partial charge in [0.2, 0.25) is 0 Å². The van der Waals surface area contributed by atoms with Crippen LogP contribution in [-0.2, 0) is 9.84 Å². The zero-order valence-electron chi connectivity index (χ0n) is 9.32. The van der Waals surface area contributed by atoms with E-state index in [9.17, 15) is 12.8 Å². The summed E-state index contributed by atoms with van der Waals surface area (Å²) in [5.41, 5.74) is 6.17. The normalized spacial score (nSPS) is 22.5. The Balaban J connectivity index is 1.95. The quantitative estimate of drug-likeness (QED) is 0.800. The first-order valence-corrected chi connectivity index (χ1v) is 7.28. The van der Waals surface area contributed by atoms with Gasteiger partial charge in [-0.05, 0) is 30.5 Å². The lowest BCUT2D eigenvalue weighted by Gasteiger charge is -2.11. The molecule has 4 nitrogen and oxygen atoms in total. The SMILES string of the molecule is Nc1ccc(NCC2CCS(=O)(=O)C2)c(F)c1. The van der Waals surface area contributed by atoms with Crippen LogP contribution in [0, 0.1) is 11.7 Å². The van der Waals surface area contributed by atoms with Crippen LogP contribution >= 0.6 is 0 Å². The summed E-state index contributed by atoms with van der Waals surface area (Å²) in [5.74, 6) is 0.0861. The number of nitrogen functional groups attached to an aromatic ring is 1. The molecule has 1 aliphatic heterocycles. The van der Waals surface area contributed by atoms with E-state index in [0.717, 1.165) is 0 Å². The fourth-order valence-corrected chi connectivity index (χ4v) is 3.82. The maximum Gasteiger partial charge on any atom is 0.150 e. The number of sulfone groups is 1. The largest absolute Gasteiger partial charge is 0.399 e. The van der Waals surface area contributed by atoms with Crippen LogP contribution in [0.5, 0.6) is 0 Å². The maximum atomic E-state index is 13.4. The third-order valence-corrected chi connectivity index (χ3v) is 4.74. The average Bonchev–Trinajstić information content (AvgIpc) is 2.57. The molecule has 17 heavy (non-hydrogen) atoms. The molecule has 1 heterocycles. The molecule has 1 fully saturated rings. The van der Waals surface area contributed by atoms with Gasteiger partial charge in [0, 0.05) is 12.2 Å². The van der Waals surface area contributed by atoms with Crippen molar-refractivity contribution < 1.29 is 12.8 Å². The summed E-state index contributed by atoms with van der Waals surface area (Å²) in [6.07, 6.45) is 0.645. The van der Waals surface area contributed by atoms with Crippen molar-refractivity contribution in [1.82, 2.24) is 0 Å². The zero-order chi connectivity index (χ0) is 12.5. The molecule has 1 aromatic rings. The van der Waals surface area contributed by atoms with E-state index in [4.69, 9.17) is 5.73 Å². The van der Waals surface area contributed by atoms with E-state index >= 15 is 0 Å². The van der Waals surface area contributed by atoms with E-state index in [0.29, 0.717) is 24.3 Å². The van der Waals surface area contributed by atoms with Gasteiger partial charge < -0.3 is 11.1 Å². The Morgan fingerprint density at radius 3 is 2.82 bits per heavy atom. The summed E-state index contributed by atoms with van der Waals surface area (Å²) in [6, 6.07) is 4.42. The van der Waals surface area contributed by atoms with Gasteiger partial charge in [-0.15, -0.1) is 0 Å². The Labute approximate surface area is 99.9 Å². The fraction of sp³-hybridized carbons (Fsp3) is 0.455. The molecule has 2 rings (SSSR count). The Bertz CT molecular complexity index is 516. The third-order valence-electron chi connectivity index (χ3n) is 2.90. The summed E-state index contributed by atoms with van der Waals surface area (Å²) in [5, 5.41) is 2.92. The van der Waals surface area contributed by atoms with Crippen LogP contribution in [0.2, 0.25) is 0 Å². The molecule has 0 aliphatic carbocycles. The minimum atomic E-state index is -2.87. The van der Waals surface area contributed by atoms with Crippen LogP contribution in [0.25, 0.3) is 0 Å². The summed E-state index contributed by atoms with van der Waals surface area (Å²) in [7, 11) is -2.87. The highest BCUT2D eigenvalue weighted by atomic mass is 32.2. The smallest absolute Gasteiger partial charge is 0.150 e. The predicted octanol–water partition coefficient (Wildman–Crippen LogP) is 1.25. The number of nitrogens with two attached hydrogens (primary N) is 1. The van der Waals surface area contributed by atoms with Crippen LogP contribution < -0.4 is 11.1 Å². The molecule has 0 bridgehead atoms. The highest BCUT2D eigenvalue weighted by Crippen LogP contribution is 2.21. The Morgan fingerprint density at radius 1 is 1.47 bits per heavy atom. The molecule has 1 aromatic carbocycles. The topological polar surface area (TPSA) is 72.2 Å². The summed E-state index contributed by atoms with van der Waals surface area (Å²) >= 11 is 0. The number of hydrogen-bond acceptors (Lipinski definition) is 4. The van der Waals surface area contributed by atoms with Crippen LogP contribution in [0.3, 0.4) is 0 Å². The van der Waals surface area contributed by atoms with Crippen LogP contribution in [-0.4, -0.2) is 26.5 Å². The van der Waals surface area contributed by atoms with E-state index in [-0.39, 0.29) is 17.4 Å². The molecule has 1 unspecified atom stereocenters. The molecule has 3 N–H and O–H groups in total. The number of hydrogen-bond donors (Lipinski definition) is 2. The second-order valence-electron chi connectivity index (χ2n) is 4.39. The summed E-state index contributed by atoms with van der Waals surface area (Å²) in [6.45, 7) is 0.472. The fourth-order valence-electron chi connectivity index (χ4n) is 1.96. The molecular formula is C11H15FN2O2S. The van der Waals surface area contributed by atoms with E-state index in [1.807, 2.05) is 0 Å². The Morgan fingerprint density at radius 2 is 2.24 bits per heavy atom. The van der Waals surface area contributed by atoms with Gasteiger partial charge in [0.05, 0.1) is 17.2 Å². The molecule has 1 saturated heterocycles. The Kier molecular flexibility index (Phi) is 3.24. The molecule has 0 radical (unpaired) electrons. The minimum Gasteiger partial charge on any atom is -0.399 e. The van der Waals surface area contributed by atoms with Crippen molar-refractivity contribution in [2.75, 3.05) is 29.1 Å². The molecule has 0 amide bonds. The van der Waals surface area contributed by atoms with Gasteiger partial charge in [-0.1, -0.05) is 0 Å². The lowest BCUT2D eigenvalue weighted by Crippen LogP contribution is -2.16. The Hall–Kier alpha value is -1.30. The van der Waals surface area contributed by atoms with E-state index < -0.39 is 15.7 Å². The van der Waals surface area contributed by atoms with Gasteiger partial charge in [0.1, 0.15) is 5.82 Å². The van der Waals surface area contributed by atoms with Crippen LogP contribution in [0.15, 0.2) is 18.2 Å². The minimum absolute atomic E-state index is 0.0666. The van der Waals surface area contributed by atoms with Gasteiger partial charge in [-0.3, -0.25) is 0 Å². The van der Waals surface area contributed by atoms with Crippen molar-refractivity contribution in [3.05, 3.63) is 24.0 Å². The molecular weight excluding hydrogens is 243 g/mol. The number of nitrogens with one attached hydrogen (secondary N) is 1. The van der Waals surface area contributed by atoms with Gasteiger partial charge >= 0.3 is 0 Å². The molecule has 1 atom stereocenters. The van der Waals surface area contributed by atoms with Gasteiger partial charge in [-0.2, -0.15) is 0 Å². The lowest BCUT2D eigenvalue weighted by molar-refractivity contribution is 0.594. The van der Waals surface area contributed by atoms with Gasteiger partial charge in [0.25, 0.3) is 0 Å². The van der Waals surface area contributed by atoms with Crippen molar-refractivity contribution in [2.45, 2.75) is 6.42 Å². The molecule has 94 valence electrons. The third kappa shape index (κ3) is 3.09. The van der Waals surface area contributed by atoms with Crippen molar-refractivity contribution in [2.24, 2.45) is 5.92 Å². The lowest BCUT2D eigenvalue weighted by atomic mass is 10.1. The second-order valence-corrected chi connectivity index (χ2v) is 6.62. The van der Waals surface area contributed by atoms with Crippen LogP contribution in [0.4, 0.5) is 15.8 Å². The number of benzene rings is 1. The molecule has 0 aromatic heterocycles. The number of anilines is 2. The first-order valence-electron chi connectivity index (χ1n) is 5.45. The van der Waals surface area contributed by atoms with E-state index in [1.54, 1.807) is 12.1 Å². The van der Waals surface area contributed by atoms with Crippen molar-refractivity contribution in [3.8, 4) is 0 Å². The second kappa shape index (κ2) is 4.52. The standard InChI is InChI=1S/C11H15FN2O2S/c12-10-5-9(13)1-2-11(10)14-6-8-3-4-17(15,16)7-8/h1-2,5,8,14H,3-4,6-7,13H2. The number of rotatable bonds is 3. The van der Waals surface area contributed by atoms with Crippen molar-refractivity contribution in [3.63, 3.8) is 0 Å². The van der Waals surface area contributed by atoms with Crippen molar-refractivity contribution in [1.29, 1.82) is 0 Å². The van der Waals surface area contributed by atoms with E-state index in [1.165, 1.54) is 6.07 Å². The zero-order valence-corrected chi connectivity index (χ0v) is 10.1. The molecule has 0 saturated carbocycles. The van der Waals surface area contributed by atoms with Gasteiger partial charge in [0.15, 0.2) is 9.84 Å². The highest BCUT2D eigenvalue weighted by Gasteiger charge is 2.27. The number of halogens is 1. The monoisotopic (exact) mass is 258 g/mol. The molecule has 0 spiro atoms. The van der Waals surface area contributed by atoms with Crippen LogP contribution in [0.1, 0.15) is 6.42 Å². The summed E-state index contributed by atoms with van der Waals surface area (Å²) in [4.78, 5) is 0. The van der Waals surface area contributed by atoms with Gasteiger partial charge in [-0.25, -0.2) is 12.8 Å². The maximum absolute atomic E-state index is 13.4. The highest BCUT2D eigenvalue weighted by molar-refractivity contribution is 7.91. The predicted molar refractivity (Wildman–Crippen MR) is 66.1 cm³/mol. The first-order chi connectivity index (χ1) is 7.96. The van der Waals surface area contributed by atoms with E-state index in [2.05, 4.69) is 5.32 Å².